The fourth-order valence-corrected chi connectivity index (χ4v) is 8.91. The summed E-state index contributed by atoms with van der Waals surface area (Å²) in [4.78, 5) is 25.2. The van der Waals surface area contributed by atoms with Gasteiger partial charge in [0.15, 0.2) is 5.82 Å². The second-order valence-electron chi connectivity index (χ2n) is 15.7. The molecule has 3 aromatic heterocycles. The summed E-state index contributed by atoms with van der Waals surface area (Å²) in [5.41, 5.74) is 14.7. The number of rotatable bonds is 7. The molecule has 0 saturated heterocycles. The fraction of sp³-hybridized carbons (Fsp3) is 0.135. The Morgan fingerprint density at radius 1 is 0.474 bits per heavy atom. The summed E-state index contributed by atoms with van der Waals surface area (Å²) >= 11 is 0. The molecule has 8 aromatic rings. The van der Waals surface area contributed by atoms with Gasteiger partial charge in [-0.1, -0.05) is 133 Å². The number of aliphatic imine (C=N–C) groups is 1. The summed E-state index contributed by atoms with van der Waals surface area (Å²) in [6.45, 7) is 0. The van der Waals surface area contributed by atoms with E-state index in [9.17, 15) is 0 Å². The second-order valence-corrected chi connectivity index (χ2v) is 15.7. The van der Waals surface area contributed by atoms with Gasteiger partial charge in [0.2, 0.25) is 0 Å². The molecule has 1 fully saturated rings. The van der Waals surface area contributed by atoms with Crippen LogP contribution in [0.15, 0.2) is 181 Å². The Balaban J connectivity index is 0.963. The number of hydrogen-bond acceptors (Lipinski definition) is 5. The van der Waals surface area contributed by atoms with E-state index in [0.29, 0.717) is 17.7 Å². The molecule has 1 aliphatic heterocycles. The summed E-state index contributed by atoms with van der Waals surface area (Å²) < 4.78 is 0. The summed E-state index contributed by atoms with van der Waals surface area (Å²) in [5, 5.41) is 1.12. The fourth-order valence-electron chi connectivity index (χ4n) is 8.91. The van der Waals surface area contributed by atoms with Crippen molar-refractivity contribution in [1.29, 1.82) is 0 Å². The van der Waals surface area contributed by atoms with Gasteiger partial charge < -0.3 is 0 Å². The summed E-state index contributed by atoms with van der Waals surface area (Å²) in [5.74, 6) is 3.14. The lowest BCUT2D eigenvalue weighted by molar-refractivity contribution is 0.435. The molecule has 0 amide bonds. The van der Waals surface area contributed by atoms with Crippen molar-refractivity contribution in [1.82, 2.24) is 19.9 Å². The Hall–Kier alpha value is -6.85. The van der Waals surface area contributed by atoms with E-state index in [1.807, 2.05) is 42.6 Å². The van der Waals surface area contributed by atoms with Crippen LogP contribution < -0.4 is 0 Å². The zero-order chi connectivity index (χ0) is 37.7. The van der Waals surface area contributed by atoms with Gasteiger partial charge in [-0.25, -0.2) is 15.0 Å². The molecule has 5 heteroatoms. The molecule has 4 atom stereocenters. The first-order valence-corrected chi connectivity index (χ1v) is 20.0. The molecule has 57 heavy (non-hydrogen) atoms. The van der Waals surface area contributed by atoms with E-state index in [2.05, 4.69) is 132 Å². The number of fused-ring (bicyclic) bond motifs is 4. The van der Waals surface area contributed by atoms with E-state index in [4.69, 9.17) is 19.9 Å². The molecule has 0 spiro atoms. The first-order chi connectivity index (χ1) is 28.2. The molecule has 0 radical (unpaired) electrons. The van der Waals surface area contributed by atoms with Crippen molar-refractivity contribution in [2.24, 2.45) is 22.7 Å². The number of aromatic nitrogens is 4. The number of hydrogen-bond donors (Lipinski definition) is 0. The number of pyridine rings is 2. The number of nitrogens with zero attached hydrogens (tertiary/aromatic N) is 5. The van der Waals surface area contributed by atoms with Crippen LogP contribution in [0.2, 0.25) is 0 Å². The molecule has 0 N–H and O–H groups in total. The van der Waals surface area contributed by atoms with Gasteiger partial charge in [-0.3, -0.25) is 9.98 Å². The molecule has 272 valence electrons. The molecular formula is C52H39N5. The Morgan fingerprint density at radius 2 is 1.14 bits per heavy atom. The highest BCUT2D eigenvalue weighted by Gasteiger charge is 2.42. The molecule has 4 unspecified atom stereocenters. The monoisotopic (exact) mass is 733 g/mol. The Bertz CT molecular complexity index is 2770. The minimum Gasteiger partial charge on any atom is -0.264 e. The largest absolute Gasteiger partial charge is 0.264 e. The quantitative estimate of drug-likeness (QED) is 0.153. The summed E-state index contributed by atoms with van der Waals surface area (Å²) in [7, 11) is 0. The van der Waals surface area contributed by atoms with E-state index in [0.717, 1.165) is 96.6 Å². The highest BCUT2D eigenvalue weighted by molar-refractivity contribution is 6.07. The lowest BCUT2D eigenvalue weighted by atomic mass is 9.74. The van der Waals surface area contributed by atoms with Crippen molar-refractivity contribution in [3.8, 4) is 56.3 Å². The average Bonchev–Trinajstić information content (AvgIpc) is 4.09. The van der Waals surface area contributed by atoms with Crippen molar-refractivity contribution < 1.29 is 0 Å². The second kappa shape index (κ2) is 14.0. The molecule has 11 rings (SSSR count). The molecule has 4 heterocycles. The van der Waals surface area contributed by atoms with Gasteiger partial charge in [0.1, 0.15) is 0 Å². The van der Waals surface area contributed by atoms with Crippen molar-refractivity contribution in [3.63, 3.8) is 0 Å². The first-order valence-electron chi connectivity index (χ1n) is 20.0. The number of benzene rings is 5. The summed E-state index contributed by atoms with van der Waals surface area (Å²) in [6, 6.07) is 53.2. The third-order valence-electron chi connectivity index (χ3n) is 12.1. The van der Waals surface area contributed by atoms with Gasteiger partial charge in [-0.15, -0.1) is 0 Å². The van der Waals surface area contributed by atoms with Gasteiger partial charge in [0.05, 0.1) is 28.3 Å². The van der Waals surface area contributed by atoms with Crippen molar-refractivity contribution in [3.05, 3.63) is 187 Å². The normalized spacial score (nSPS) is 19.4. The molecule has 5 nitrogen and oxygen atoms in total. The zero-order valence-electron chi connectivity index (χ0n) is 31.4. The van der Waals surface area contributed by atoms with Gasteiger partial charge in [-0.05, 0) is 95.5 Å². The van der Waals surface area contributed by atoms with Crippen LogP contribution in [-0.4, -0.2) is 25.6 Å². The van der Waals surface area contributed by atoms with Crippen LogP contribution in [0.25, 0.3) is 67.2 Å². The molecule has 0 bridgehead atoms. The lowest BCUT2D eigenvalue weighted by Gasteiger charge is -2.32. The van der Waals surface area contributed by atoms with Gasteiger partial charge in [0, 0.05) is 45.7 Å². The van der Waals surface area contributed by atoms with Crippen molar-refractivity contribution in [2.45, 2.75) is 25.2 Å². The highest BCUT2D eigenvalue weighted by atomic mass is 14.9. The van der Waals surface area contributed by atoms with E-state index in [1.54, 1.807) is 6.20 Å². The van der Waals surface area contributed by atoms with E-state index >= 15 is 0 Å². The van der Waals surface area contributed by atoms with Crippen LogP contribution in [0.4, 0.5) is 5.69 Å². The van der Waals surface area contributed by atoms with Crippen molar-refractivity contribution in [2.75, 3.05) is 0 Å². The zero-order valence-corrected chi connectivity index (χ0v) is 31.4. The maximum Gasteiger partial charge on any atom is 0.160 e. The van der Waals surface area contributed by atoms with Crippen LogP contribution in [0.3, 0.4) is 0 Å². The smallest absolute Gasteiger partial charge is 0.160 e. The summed E-state index contributed by atoms with van der Waals surface area (Å²) in [6.07, 6.45) is 12.1. The van der Waals surface area contributed by atoms with E-state index in [1.165, 1.54) is 18.4 Å². The first kappa shape index (κ1) is 33.5. The Labute approximate surface area is 332 Å². The number of allylic oxidation sites excluding steroid dienone is 2. The third-order valence-corrected chi connectivity index (χ3v) is 12.1. The maximum atomic E-state index is 5.52. The van der Waals surface area contributed by atoms with Gasteiger partial charge in [-0.2, -0.15) is 0 Å². The molecular weight excluding hydrogens is 695 g/mol. The van der Waals surface area contributed by atoms with Crippen LogP contribution in [0, 0.1) is 17.8 Å². The highest BCUT2D eigenvalue weighted by Crippen LogP contribution is 2.53. The third kappa shape index (κ3) is 6.45. The lowest BCUT2D eigenvalue weighted by Crippen LogP contribution is -2.21. The van der Waals surface area contributed by atoms with Crippen molar-refractivity contribution >= 4 is 22.3 Å². The predicted octanol–water partition coefficient (Wildman–Crippen LogP) is 12.6. The standard InChI is InChI=1S/C52H39N5/c1-3-9-34(10-4-1)46-25-23-36-22-24-44-45(40-21-20-39-28-43(39)29-40)30-47(55-51(44)50(36)54-46)41-14-7-13-38(27-41)33-16-18-37(19-17-33)52-56-48(35-11-5-2-6-12-35)31-49(57-52)42-15-8-26-53-32-42/h1-27,31-32,39-40,43,45H,28-30H2. The molecule has 2 aliphatic carbocycles. The topological polar surface area (TPSA) is 63.9 Å². The average molecular weight is 734 g/mol. The molecule has 3 aliphatic rings. The van der Waals surface area contributed by atoms with E-state index < -0.39 is 0 Å². The SMILES string of the molecule is C1=CC(C2CC(c3cccc(-c4ccc(-c5nc(-c6ccccc6)cc(-c6cccnc6)n5)cc4)c3)=Nc3c2ccc2ccc(-c4ccccc4)nc32)CC2CC12. The van der Waals surface area contributed by atoms with Gasteiger partial charge >= 0.3 is 0 Å². The van der Waals surface area contributed by atoms with Crippen LogP contribution >= 0.6 is 0 Å². The van der Waals surface area contributed by atoms with E-state index in [-0.39, 0.29) is 0 Å². The Morgan fingerprint density at radius 3 is 1.91 bits per heavy atom. The minimum absolute atomic E-state index is 0.350. The van der Waals surface area contributed by atoms with Crippen LogP contribution in [0.1, 0.15) is 36.3 Å². The predicted molar refractivity (Wildman–Crippen MR) is 231 cm³/mol. The van der Waals surface area contributed by atoms with Gasteiger partial charge in [0.25, 0.3) is 0 Å². The Kier molecular flexibility index (Phi) is 8.24. The van der Waals surface area contributed by atoms with Crippen LogP contribution in [-0.2, 0) is 0 Å². The van der Waals surface area contributed by atoms with Crippen LogP contribution in [0.5, 0.6) is 0 Å². The molecule has 1 saturated carbocycles. The minimum atomic E-state index is 0.350. The molecule has 5 aromatic carbocycles. The maximum absolute atomic E-state index is 5.52.